The van der Waals surface area contributed by atoms with E-state index in [-0.39, 0.29) is 5.91 Å². The van der Waals surface area contributed by atoms with Crippen molar-refractivity contribution in [1.82, 2.24) is 5.43 Å². The van der Waals surface area contributed by atoms with E-state index >= 15 is 0 Å². The monoisotopic (exact) mass is 326 g/mol. The molecule has 0 aromatic heterocycles. The third-order valence-electron chi connectivity index (χ3n) is 4.34. The Labute approximate surface area is 142 Å². The first kappa shape index (κ1) is 22.1. The van der Waals surface area contributed by atoms with Gasteiger partial charge in [-0.3, -0.25) is 10.2 Å². The Bertz CT molecular complexity index is 293. The van der Waals surface area contributed by atoms with Gasteiger partial charge in [-0.05, 0) is 19.8 Å². The number of rotatable bonds is 17. The number of nitrogens with two attached hydrogens (primary N) is 1. The lowest BCUT2D eigenvalue weighted by molar-refractivity contribution is -0.121. The summed E-state index contributed by atoms with van der Waals surface area (Å²) < 4.78 is 0. The Balaban J connectivity index is 3.02. The number of carbonyl (C=O) groups is 2. The molecule has 0 aromatic rings. The van der Waals surface area contributed by atoms with Crippen LogP contribution in [-0.4, -0.2) is 11.7 Å². The minimum Gasteiger partial charge on any atom is -0.300 e. The minimum atomic E-state index is -0.0520. The maximum atomic E-state index is 10.9. The maximum Gasteiger partial charge on any atom is 0.233 e. The topological polar surface area (TPSA) is 72.2 Å². The van der Waals surface area contributed by atoms with Gasteiger partial charge in [0.2, 0.25) is 5.91 Å². The van der Waals surface area contributed by atoms with Gasteiger partial charge in [-0.15, -0.1) is 0 Å². The zero-order valence-corrected chi connectivity index (χ0v) is 15.2. The summed E-state index contributed by atoms with van der Waals surface area (Å²) in [4.78, 5) is 21.7. The zero-order chi connectivity index (χ0) is 17.2. The molecule has 4 heteroatoms. The summed E-state index contributed by atoms with van der Waals surface area (Å²) in [5, 5.41) is 0. The minimum absolute atomic E-state index is 0.0520. The Kier molecular flexibility index (Phi) is 16.8. The first-order valence-corrected chi connectivity index (χ1v) is 9.65. The first-order chi connectivity index (χ1) is 11.2. The van der Waals surface area contributed by atoms with Crippen molar-refractivity contribution in [3.05, 3.63) is 0 Å². The quantitative estimate of drug-likeness (QED) is 0.174. The van der Waals surface area contributed by atoms with Crippen LogP contribution in [0, 0.1) is 0 Å². The van der Waals surface area contributed by atoms with E-state index in [9.17, 15) is 9.59 Å². The van der Waals surface area contributed by atoms with Gasteiger partial charge < -0.3 is 4.79 Å². The summed E-state index contributed by atoms with van der Waals surface area (Å²) in [5.41, 5.74) is 2.17. The Hall–Kier alpha value is -0.900. The van der Waals surface area contributed by atoms with Gasteiger partial charge in [-0.1, -0.05) is 77.0 Å². The molecule has 23 heavy (non-hydrogen) atoms. The highest BCUT2D eigenvalue weighted by Gasteiger charge is 1.98. The summed E-state index contributed by atoms with van der Waals surface area (Å²) in [6.45, 7) is 1.68. The molecule has 0 saturated heterocycles. The SMILES string of the molecule is CC(=O)CCCCCCCCCCCCCCCCC(=O)NN. The average Bonchev–Trinajstić information content (AvgIpc) is 2.53. The normalized spacial score (nSPS) is 10.7. The second-order valence-electron chi connectivity index (χ2n) is 6.72. The molecular weight excluding hydrogens is 288 g/mol. The summed E-state index contributed by atoms with van der Waals surface area (Å²) in [5.74, 6) is 5.30. The highest BCUT2D eigenvalue weighted by Crippen LogP contribution is 2.13. The van der Waals surface area contributed by atoms with Crippen molar-refractivity contribution in [2.75, 3.05) is 0 Å². The van der Waals surface area contributed by atoms with Crippen LogP contribution in [0.3, 0.4) is 0 Å². The molecule has 0 spiro atoms. The molecule has 0 aromatic carbocycles. The van der Waals surface area contributed by atoms with Gasteiger partial charge in [0.05, 0.1) is 0 Å². The molecule has 0 radical (unpaired) electrons. The highest BCUT2D eigenvalue weighted by atomic mass is 16.2. The van der Waals surface area contributed by atoms with Gasteiger partial charge in [0.25, 0.3) is 0 Å². The summed E-state index contributed by atoms with van der Waals surface area (Å²) in [6.07, 6.45) is 19.0. The van der Waals surface area contributed by atoms with E-state index in [1.165, 1.54) is 70.6 Å². The smallest absolute Gasteiger partial charge is 0.233 e. The van der Waals surface area contributed by atoms with E-state index in [4.69, 9.17) is 5.84 Å². The molecule has 1 amide bonds. The van der Waals surface area contributed by atoms with Gasteiger partial charge in [-0.25, -0.2) is 5.84 Å². The van der Waals surface area contributed by atoms with Crippen LogP contribution in [0.1, 0.15) is 110 Å². The molecule has 0 aliphatic heterocycles. The largest absolute Gasteiger partial charge is 0.300 e. The highest BCUT2D eigenvalue weighted by molar-refractivity contribution is 5.75. The molecule has 0 aliphatic carbocycles. The summed E-state index contributed by atoms with van der Waals surface area (Å²) >= 11 is 0. The molecule has 0 atom stereocenters. The number of hydrogen-bond acceptors (Lipinski definition) is 3. The summed E-state index contributed by atoms with van der Waals surface area (Å²) in [6, 6.07) is 0. The van der Waals surface area contributed by atoms with Gasteiger partial charge in [-0.2, -0.15) is 0 Å². The third-order valence-corrected chi connectivity index (χ3v) is 4.34. The molecule has 0 heterocycles. The lowest BCUT2D eigenvalue weighted by Crippen LogP contribution is -2.29. The number of hydrogen-bond donors (Lipinski definition) is 2. The fraction of sp³-hybridized carbons (Fsp3) is 0.895. The number of nitrogens with one attached hydrogen (secondary N) is 1. The molecule has 4 nitrogen and oxygen atoms in total. The first-order valence-electron chi connectivity index (χ1n) is 9.65. The van der Waals surface area contributed by atoms with Crippen molar-refractivity contribution in [3.63, 3.8) is 0 Å². The zero-order valence-electron chi connectivity index (χ0n) is 15.2. The lowest BCUT2D eigenvalue weighted by Gasteiger charge is -2.03. The Morgan fingerprint density at radius 2 is 0.913 bits per heavy atom. The van der Waals surface area contributed by atoms with Crippen LogP contribution >= 0.6 is 0 Å². The van der Waals surface area contributed by atoms with Gasteiger partial charge >= 0.3 is 0 Å². The molecular formula is C19H38N2O2. The van der Waals surface area contributed by atoms with Crippen molar-refractivity contribution in [2.45, 2.75) is 110 Å². The van der Waals surface area contributed by atoms with Gasteiger partial charge in [0, 0.05) is 12.8 Å². The van der Waals surface area contributed by atoms with E-state index < -0.39 is 0 Å². The second kappa shape index (κ2) is 17.5. The Morgan fingerprint density at radius 3 is 1.22 bits per heavy atom. The maximum absolute atomic E-state index is 10.9. The molecule has 3 N–H and O–H groups in total. The molecule has 0 unspecified atom stereocenters. The van der Waals surface area contributed by atoms with Crippen molar-refractivity contribution < 1.29 is 9.59 Å². The lowest BCUT2D eigenvalue weighted by atomic mass is 10.0. The number of amides is 1. The van der Waals surface area contributed by atoms with E-state index in [2.05, 4.69) is 5.43 Å². The Morgan fingerprint density at radius 1 is 0.609 bits per heavy atom. The van der Waals surface area contributed by atoms with Crippen LogP contribution in [0.25, 0.3) is 0 Å². The van der Waals surface area contributed by atoms with E-state index in [0.717, 1.165) is 25.7 Å². The van der Waals surface area contributed by atoms with Crippen LogP contribution in [0.15, 0.2) is 0 Å². The summed E-state index contributed by atoms with van der Waals surface area (Å²) in [7, 11) is 0. The second-order valence-corrected chi connectivity index (χ2v) is 6.72. The van der Waals surface area contributed by atoms with Gasteiger partial charge in [0.1, 0.15) is 5.78 Å². The standard InChI is InChI=1S/C19H38N2O2/c1-18(22)16-14-12-10-8-6-4-2-3-5-7-9-11-13-15-17-19(23)21-20/h2-17,20H2,1H3,(H,21,23). The number of ketones is 1. The number of unbranched alkanes of at least 4 members (excludes halogenated alkanes) is 13. The van der Waals surface area contributed by atoms with Crippen LogP contribution < -0.4 is 11.3 Å². The van der Waals surface area contributed by atoms with E-state index in [1.807, 2.05) is 0 Å². The molecule has 0 rings (SSSR count). The number of hydrazine groups is 1. The molecule has 136 valence electrons. The van der Waals surface area contributed by atoms with Gasteiger partial charge in [0.15, 0.2) is 0 Å². The van der Waals surface area contributed by atoms with E-state index in [0.29, 0.717) is 12.2 Å². The predicted molar refractivity (Wildman–Crippen MR) is 96.9 cm³/mol. The fourth-order valence-corrected chi connectivity index (χ4v) is 2.85. The van der Waals surface area contributed by atoms with E-state index in [1.54, 1.807) is 6.92 Å². The number of carbonyl (C=O) groups excluding carboxylic acids is 2. The third kappa shape index (κ3) is 19.1. The van der Waals surface area contributed by atoms with Crippen molar-refractivity contribution in [1.29, 1.82) is 0 Å². The van der Waals surface area contributed by atoms with Crippen LogP contribution in [0.4, 0.5) is 0 Å². The van der Waals surface area contributed by atoms with Crippen molar-refractivity contribution >= 4 is 11.7 Å². The average molecular weight is 327 g/mol. The van der Waals surface area contributed by atoms with Crippen LogP contribution in [0.5, 0.6) is 0 Å². The van der Waals surface area contributed by atoms with Crippen LogP contribution in [-0.2, 0) is 9.59 Å². The van der Waals surface area contributed by atoms with Crippen LogP contribution in [0.2, 0.25) is 0 Å². The molecule has 0 aliphatic rings. The molecule has 0 bridgehead atoms. The van der Waals surface area contributed by atoms with Crippen molar-refractivity contribution in [3.8, 4) is 0 Å². The number of Topliss-reactive ketones (excluding diaryl/α,β-unsaturated/α-hetero) is 1. The van der Waals surface area contributed by atoms with Crippen molar-refractivity contribution in [2.24, 2.45) is 5.84 Å². The molecule has 0 saturated carbocycles. The molecule has 0 fully saturated rings. The predicted octanol–water partition coefficient (Wildman–Crippen LogP) is 4.81. The fourth-order valence-electron chi connectivity index (χ4n) is 2.85.